The highest BCUT2D eigenvalue weighted by atomic mass is 19.1. The Kier molecular flexibility index (Phi) is 6.20. The molecule has 6 nitrogen and oxygen atoms in total. The predicted octanol–water partition coefficient (Wildman–Crippen LogP) is 4.20. The van der Waals surface area contributed by atoms with Gasteiger partial charge >= 0.3 is 11.9 Å². The Morgan fingerprint density at radius 3 is 2.00 bits per heavy atom. The lowest BCUT2D eigenvalue weighted by Gasteiger charge is -2.30. The SMILES string of the molecule is COC(=O)C1=C(C)NC(C)=C(C(=O)OC)C1c1ccc(F)c(Oc2ccccc2)c1. The molecule has 1 N–H and O–H groups in total. The molecule has 0 amide bonds. The fourth-order valence-electron chi connectivity index (χ4n) is 3.48. The average molecular weight is 411 g/mol. The van der Waals surface area contributed by atoms with Gasteiger partial charge in [-0.1, -0.05) is 24.3 Å². The molecule has 156 valence electrons. The molecule has 7 heteroatoms. The number of allylic oxidation sites excluding steroid dienone is 2. The number of hydrogen-bond donors (Lipinski definition) is 1. The van der Waals surface area contributed by atoms with E-state index in [4.69, 9.17) is 14.2 Å². The van der Waals surface area contributed by atoms with E-state index >= 15 is 0 Å². The molecule has 0 saturated carbocycles. The van der Waals surface area contributed by atoms with Crippen LogP contribution in [-0.2, 0) is 19.1 Å². The van der Waals surface area contributed by atoms with Crippen molar-refractivity contribution in [2.75, 3.05) is 14.2 Å². The smallest absolute Gasteiger partial charge is 0.336 e. The number of rotatable bonds is 5. The molecule has 0 radical (unpaired) electrons. The van der Waals surface area contributed by atoms with E-state index < -0.39 is 23.7 Å². The average Bonchev–Trinajstić information content (AvgIpc) is 2.74. The summed E-state index contributed by atoms with van der Waals surface area (Å²) in [5.41, 5.74) is 2.03. The lowest BCUT2D eigenvalue weighted by Crippen LogP contribution is -2.32. The van der Waals surface area contributed by atoms with Gasteiger partial charge in [0.05, 0.1) is 31.3 Å². The molecule has 0 aliphatic carbocycles. The fourth-order valence-corrected chi connectivity index (χ4v) is 3.48. The van der Waals surface area contributed by atoms with Crippen molar-refractivity contribution in [3.05, 3.63) is 82.5 Å². The molecule has 0 aromatic heterocycles. The third-order valence-corrected chi connectivity index (χ3v) is 4.83. The number of halogens is 1. The zero-order valence-electron chi connectivity index (χ0n) is 17.1. The van der Waals surface area contributed by atoms with E-state index in [1.165, 1.54) is 32.4 Å². The maximum absolute atomic E-state index is 14.5. The van der Waals surface area contributed by atoms with E-state index in [-0.39, 0.29) is 16.9 Å². The molecule has 0 fully saturated rings. The van der Waals surface area contributed by atoms with Gasteiger partial charge in [-0.25, -0.2) is 14.0 Å². The third-order valence-electron chi connectivity index (χ3n) is 4.83. The Morgan fingerprint density at radius 2 is 1.47 bits per heavy atom. The summed E-state index contributed by atoms with van der Waals surface area (Å²) in [4.78, 5) is 25.1. The molecule has 1 aliphatic rings. The summed E-state index contributed by atoms with van der Waals surface area (Å²) in [6, 6.07) is 13.0. The summed E-state index contributed by atoms with van der Waals surface area (Å²) in [5.74, 6) is -2.16. The van der Waals surface area contributed by atoms with Crippen molar-refractivity contribution >= 4 is 11.9 Å². The summed E-state index contributed by atoms with van der Waals surface area (Å²) in [7, 11) is 2.52. The molecular weight excluding hydrogens is 389 g/mol. The van der Waals surface area contributed by atoms with Gasteiger partial charge in [0.25, 0.3) is 0 Å². The standard InChI is InChI=1S/C23H22FNO5/c1-13-19(22(26)28-3)21(20(14(2)25-13)23(27)29-4)15-10-11-17(24)18(12-15)30-16-8-6-5-7-9-16/h5-12,21,25H,1-4H3. The van der Waals surface area contributed by atoms with Gasteiger partial charge in [0, 0.05) is 11.4 Å². The van der Waals surface area contributed by atoms with Gasteiger partial charge in [-0.3, -0.25) is 0 Å². The molecule has 2 aromatic rings. The van der Waals surface area contributed by atoms with Crippen molar-refractivity contribution in [3.8, 4) is 11.5 Å². The van der Waals surface area contributed by atoms with Gasteiger partial charge in [-0.15, -0.1) is 0 Å². The topological polar surface area (TPSA) is 73.9 Å². The highest BCUT2D eigenvalue weighted by molar-refractivity contribution is 5.99. The summed E-state index contributed by atoms with van der Waals surface area (Å²) in [6.45, 7) is 3.42. The van der Waals surface area contributed by atoms with E-state index in [9.17, 15) is 14.0 Å². The van der Waals surface area contributed by atoms with E-state index in [1.54, 1.807) is 38.1 Å². The Balaban J connectivity index is 2.15. The number of benzene rings is 2. The molecule has 1 heterocycles. The van der Waals surface area contributed by atoms with Crippen LogP contribution in [0, 0.1) is 5.82 Å². The minimum absolute atomic E-state index is 0.0269. The first-order valence-corrected chi connectivity index (χ1v) is 9.24. The minimum Gasteiger partial charge on any atom is -0.466 e. The normalized spacial score (nSPS) is 14.3. The molecular formula is C23H22FNO5. The van der Waals surface area contributed by atoms with Crippen molar-refractivity contribution in [3.63, 3.8) is 0 Å². The lowest BCUT2D eigenvalue weighted by molar-refractivity contribution is -0.137. The number of carbonyl (C=O) groups is 2. The fraction of sp³-hybridized carbons (Fsp3) is 0.217. The maximum Gasteiger partial charge on any atom is 0.336 e. The molecule has 0 atom stereocenters. The van der Waals surface area contributed by atoms with Crippen LogP contribution in [-0.4, -0.2) is 26.2 Å². The first kappa shape index (κ1) is 21.1. The number of carbonyl (C=O) groups excluding carboxylic acids is 2. The molecule has 0 unspecified atom stereocenters. The van der Waals surface area contributed by atoms with Crippen molar-refractivity contribution in [2.45, 2.75) is 19.8 Å². The Morgan fingerprint density at radius 1 is 0.900 bits per heavy atom. The highest BCUT2D eigenvalue weighted by Crippen LogP contribution is 2.41. The van der Waals surface area contributed by atoms with Gasteiger partial charge in [-0.2, -0.15) is 0 Å². The Labute approximate surface area is 173 Å². The van der Waals surface area contributed by atoms with Crippen LogP contribution < -0.4 is 10.1 Å². The molecule has 0 spiro atoms. The maximum atomic E-state index is 14.5. The van der Waals surface area contributed by atoms with Gasteiger partial charge in [-0.05, 0) is 43.7 Å². The number of esters is 2. The summed E-state index contributed by atoms with van der Waals surface area (Å²) in [6.07, 6.45) is 0. The van der Waals surface area contributed by atoms with Gasteiger partial charge < -0.3 is 19.5 Å². The van der Waals surface area contributed by atoms with Crippen LogP contribution in [0.15, 0.2) is 71.1 Å². The van der Waals surface area contributed by atoms with E-state index in [0.717, 1.165) is 0 Å². The zero-order valence-corrected chi connectivity index (χ0v) is 17.1. The lowest BCUT2D eigenvalue weighted by atomic mass is 9.80. The summed E-state index contributed by atoms with van der Waals surface area (Å²) < 4.78 is 30.0. The van der Waals surface area contributed by atoms with Crippen LogP contribution in [0.2, 0.25) is 0 Å². The second-order valence-electron chi connectivity index (χ2n) is 6.72. The number of nitrogens with one attached hydrogen (secondary N) is 1. The van der Waals surface area contributed by atoms with E-state index in [0.29, 0.717) is 22.7 Å². The summed E-state index contributed by atoms with van der Waals surface area (Å²) in [5, 5.41) is 3.03. The zero-order chi connectivity index (χ0) is 21.8. The Hall–Kier alpha value is -3.61. The van der Waals surface area contributed by atoms with Crippen LogP contribution in [0.5, 0.6) is 11.5 Å². The van der Waals surface area contributed by atoms with Gasteiger partial charge in [0.15, 0.2) is 11.6 Å². The molecule has 0 bridgehead atoms. The minimum atomic E-state index is -0.815. The second-order valence-corrected chi connectivity index (χ2v) is 6.72. The van der Waals surface area contributed by atoms with Crippen LogP contribution in [0.25, 0.3) is 0 Å². The van der Waals surface area contributed by atoms with E-state index in [1.807, 2.05) is 6.07 Å². The largest absolute Gasteiger partial charge is 0.466 e. The van der Waals surface area contributed by atoms with Gasteiger partial charge in [0.1, 0.15) is 5.75 Å². The molecule has 3 rings (SSSR count). The van der Waals surface area contributed by atoms with Crippen molar-refractivity contribution < 1.29 is 28.2 Å². The first-order chi connectivity index (χ1) is 14.4. The van der Waals surface area contributed by atoms with Crippen LogP contribution in [0.1, 0.15) is 25.3 Å². The quantitative estimate of drug-likeness (QED) is 0.744. The predicted molar refractivity (Wildman–Crippen MR) is 108 cm³/mol. The highest BCUT2D eigenvalue weighted by Gasteiger charge is 2.38. The van der Waals surface area contributed by atoms with Crippen LogP contribution >= 0.6 is 0 Å². The third kappa shape index (κ3) is 4.05. The Bertz CT molecular complexity index is 1000. The molecule has 1 aliphatic heterocycles. The first-order valence-electron chi connectivity index (χ1n) is 9.24. The number of para-hydroxylation sites is 1. The number of methoxy groups -OCH3 is 2. The molecule has 2 aromatic carbocycles. The van der Waals surface area contributed by atoms with Crippen molar-refractivity contribution in [2.24, 2.45) is 0 Å². The second kappa shape index (κ2) is 8.82. The van der Waals surface area contributed by atoms with E-state index in [2.05, 4.69) is 5.32 Å². The van der Waals surface area contributed by atoms with Crippen molar-refractivity contribution in [1.29, 1.82) is 0 Å². The molecule has 0 saturated heterocycles. The van der Waals surface area contributed by atoms with Gasteiger partial charge in [0.2, 0.25) is 0 Å². The molecule has 30 heavy (non-hydrogen) atoms. The van der Waals surface area contributed by atoms with Crippen LogP contribution in [0.3, 0.4) is 0 Å². The number of dihydropyridines is 1. The van der Waals surface area contributed by atoms with Crippen LogP contribution in [0.4, 0.5) is 4.39 Å². The number of ether oxygens (including phenoxy) is 3. The number of hydrogen-bond acceptors (Lipinski definition) is 6. The van der Waals surface area contributed by atoms with Crippen molar-refractivity contribution in [1.82, 2.24) is 5.32 Å². The summed E-state index contributed by atoms with van der Waals surface area (Å²) >= 11 is 0. The monoisotopic (exact) mass is 411 g/mol.